The number of carboxylic acids is 1. The number of hydrogen-bond donors (Lipinski definition) is 1. The Bertz CT molecular complexity index is 895. The number of carboxylic acid groups (broad SMARTS) is 1. The Balaban J connectivity index is 1.81. The molecule has 4 nitrogen and oxygen atoms in total. The number of nitrogens with zero attached hydrogens (tertiary/aromatic N) is 1. The maximum absolute atomic E-state index is 13.1. The summed E-state index contributed by atoms with van der Waals surface area (Å²) in [6, 6.07) is 14.8. The summed E-state index contributed by atoms with van der Waals surface area (Å²) in [6.07, 6.45) is 2.41. The number of amides is 1. The van der Waals surface area contributed by atoms with Gasteiger partial charge in [-0.3, -0.25) is 9.59 Å². The van der Waals surface area contributed by atoms with Gasteiger partial charge in [0.25, 0.3) is 0 Å². The van der Waals surface area contributed by atoms with E-state index < -0.39 is 11.9 Å². The fourth-order valence-electron chi connectivity index (χ4n) is 4.15. The first-order chi connectivity index (χ1) is 13.4. The molecular weight excluding hydrogens is 397 g/mol. The molecule has 2 fully saturated rings. The van der Waals surface area contributed by atoms with Gasteiger partial charge in [0.1, 0.15) is 5.92 Å². The lowest BCUT2D eigenvalue weighted by atomic mass is 9.75. The molecule has 3 atom stereocenters. The molecule has 1 aliphatic carbocycles. The molecule has 0 bridgehead atoms. The molecule has 1 aliphatic heterocycles. The van der Waals surface area contributed by atoms with Gasteiger partial charge in [0.05, 0.1) is 6.04 Å². The van der Waals surface area contributed by atoms with Crippen LogP contribution in [0.5, 0.6) is 0 Å². The van der Waals surface area contributed by atoms with Crippen LogP contribution in [0, 0.1) is 11.8 Å². The highest BCUT2D eigenvalue weighted by Gasteiger charge is 2.47. The van der Waals surface area contributed by atoms with Gasteiger partial charge in [0.15, 0.2) is 0 Å². The normalized spacial score (nSPS) is 25.0. The number of carbonyl (C=O) groups is 2. The summed E-state index contributed by atoms with van der Waals surface area (Å²) >= 11 is 12.3. The molecule has 0 unspecified atom stereocenters. The second-order valence-corrected chi connectivity index (χ2v) is 8.59. The predicted octanol–water partition coefficient (Wildman–Crippen LogP) is 5.16. The second kappa shape index (κ2) is 7.76. The van der Waals surface area contributed by atoms with Crippen molar-refractivity contribution in [1.29, 1.82) is 0 Å². The van der Waals surface area contributed by atoms with Gasteiger partial charge in [-0.2, -0.15) is 0 Å². The van der Waals surface area contributed by atoms with E-state index in [1.54, 1.807) is 11.0 Å². The van der Waals surface area contributed by atoms with E-state index in [1.807, 2.05) is 42.5 Å². The van der Waals surface area contributed by atoms with Gasteiger partial charge >= 0.3 is 5.97 Å². The highest BCUT2D eigenvalue weighted by Crippen LogP contribution is 2.47. The third-order valence-corrected chi connectivity index (χ3v) is 6.21. The molecular formula is C22H21Cl2NO3. The van der Waals surface area contributed by atoms with E-state index in [0.29, 0.717) is 22.5 Å². The Morgan fingerprint density at radius 2 is 1.75 bits per heavy atom. The molecule has 1 heterocycles. The van der Waals surface area contributed by atoms with Crippen LogP contribution in [0.25, 0.3) is 0 Å². The van der Waals surface area contributed by atoms with Crippen LogP contribution in [0.4, 0.5) is 0 Å². The zero-order valence-corrected chi connectivity index (χ0v) is 16.7. The van der Waals surface area contributed by atoms with Crippen LogP contribution in [0.2, 0.25) is 10.0 Å². The van der Waals surface area contributed by atoms with E-state index in [9.17, 15) is 14.7 Å². The van der Waals surface area contributed by atoms with E-state index >= 15 is 0 Å². The van der Waals surface area contributed by atoms with Crippen molar-refractivity contribution in [2.75, 3.05) is 6.54 Å². The highest BCUT2D eigenvalue weighted by molar-refractivity contribution is 6.30. The standard InChI is InChI=1S/C22H21Cl2NO3/c23-16-8-6-14(7-9-16)20-18(15-2-1-3-17(24)10-15)11-19(22(27)28)21(26)25(20)12-13-4-5-13/h1-3,6-10,13,18-20H,4-5,11-12H2,(H,27,28)/t18-,19+,20-/m1/s1. The van der Waals surface area contributed by atoms with Crippen LogP contribution in [0.3, 0.4) is 0 Å². The first-order valence-electron chi connectivity index (χ1n) is 9.48. The van der Waals surface area contributed by atoms with Crippen molar-refractivity contribution in [2.45, 2.75) is 31.2 Å². The minimum absolute atomic E-state index is 0.155. The lowest BCUT2D eigenvalue weighted by Crippen LogP contribution is -2.49. The minimum Gasteiger partial charge on any atom is -0.481 e. The Kier molecular flexibility index (Phi) is 5.35. The Hall–Kier alpha value is -2.04. The fraction of sp³-hybridized carbons (Fsp3) is 0.364. The third-order valence-electron chi connectivity index (χ3n) is 5.73. The van der Waals surface area contributed by atoms with Crippen molar-refractivity contribution >= 4 is 35.1 Å². The number of aliphatic carboxylic acids is 1. The van der Waals surface area contributed by atoms with E-state index in [4.69, 9.17) is 23.2 Å². The summed E-state index contributed by atoms with van der Waals surface area (Å²) in [5.74, 6) is -2.10. The first kappa shape index (κ1) is 19.3. The lowest BCUT2D eigenvalue weighted by molar-refractivity contribution is -0.157. The molecule has 0 radical (unpaired) electrons. The van der Waals surface area contributed by atoms with E-state index in [1.165, 1.54) is 0 Å². The molecule has 2 aromatic carbocycles. The summed E-state index contributed by atoms with van der Waals surface area (Å²) in [4.78, 5) is 26.8. The number of hydrogen-bond acceptors (Lipinski definition) is 2. The molecule has 146 valence electrons. The number of rotatable bonds is 5. The Morgan fingerprint density at radius 1 is 1.04 bits per heavy atom. The SMILES string of the molecule is O=C(O)[C@H]1C[C@H](c2cccc(Cl)c2)[C@@H](c2ccc(Cl)cc2)N(CC2CC2)C1=O. The number of likely N-dealkylation sites (tertiary alicyclic amines) is 1. The van der Waals surface area contributed by atoms with Crippen LogP contribution < -0.4 is 0 Å². The lowest BCUT2D eigenvalue weighted by Gasteiger charge is -2.44. The Labute approximate surface area is 174 Å². The van der Waals surface area contributed by atoms with Gasteiger partial charge in [-0.1, -0.05) is 47.5 Å². The van der Waals surface area contributed by atoms with Gasteiger partial charge in [0, 0.05) is 22.5 Å². The molecule has 0 aromatic heterocycles. The molecule has 1 saturated carbocycles. The molecule has 4 rings (SSSR count). The number of halogens is 2. The van der Waals surface area contributed by atoms with E-state index in [0.717, 1.165) is 24.0 Å². The predicted molar refractivity (Wildman–Crippen MR) is 109 cm³/mol. The average Bonchev–Trinajstić information content (AvgIpc) is 3.48. The van der Waals surface area contributed by atoms with Crippen molar-refractivity contribution in [2.24, 2.45) is 11.8 Å². The van der Waals surface area contributed by atoms with E-state index in [2.05, 4.69) is 0 Å². The van der Waals surface area contributed by atoms with Gasteiger partial charge in [0.2, 0.25) is 5.91 Å². The van der Waals surface area contributed by atoms with Gasteiger partial charge in [-0.15, -0.1) is 0 Å². The average molecular weight is 418 g/mol. The summed E-state index contributed by atoms with van der Waals surface area (Å²) < 4.78 is 0. The molecule has 2 aromatic rings. The quantitative estimate of drug-likeness (QED) is 0.683. The minimum atomic E-state index is -1.06. The van der Waals surface area contributed by atoms with Gasteiger partial charge < -0.3 is 10.0 Å². The highest BCUT2D eigenvalue weighted by atomic mass is 35.5. The molecule has 1 N–H and O–H groups in total. The number of benzene rings is 2. The third kappa shape index (κ3) is 3.89. The van der Waals surface area contributed by atoms with E-state index in [-0.39, 0.29) is 24.3 Å². The smallest absolute Gasteiger partial charge is 0.316 e. The molecule has 6 heteroatoms. The maximum Gasteiger partial charge on any atom is 0.316 e. The molecule has 28 heavy (non-hydrogen) atoms. The summed E-state index contributed by atoms with van der Waals surface area (Å²) in [6.45, 7) is 0.590. The zero-order chi connectivity index (χ0) is 19.8. The number of piperidine rings is 1. The van der Waals surface area contributed by atoms with Gasteiger partial charge in [-0.25, -0.2) is 0 Å². The van der Waals surface area contributed by atoms with Crippen molar-refractivity contribution < 1.29 is 14.7 Å². The number of carbonyl (C=O) groups excluding carboxylic acids is 1. The van der Waals surface area contributed by atoms with Crippen LogP contribution >= 0.6 is 23.2 Å². The zero-order valence-electron chi connectivity index (χ0n) is 15.2. The maximum atomic E-state index is 13.1. The Morgan fingerprint density at radius 3 is 2.36 bits per heavy atom. The van der Waals surface area contributed by atoms with Crippen molar-refractivity contribution in [3.8, 4) is 0 Å². The monoisotopic (exact) mass is 417 g/mol. The first-order valence-corrected chi connectivity index (χ1v) is 10.2. The molecule has 0 spiro atoms. The van der Waals surface area contributed by atoms with Crippen LogP contribution in [-0.4, -0.2) is 28.4 Å². The summed E-state index contributed by atoms with van der Waals surface area (Å²) in [5.41, 5.74) is 1.92. The molecule has 1 amide bonds. The topological polar surface area (TPSA) is 57.6 Å². The largest absolute Gasteiger partial charge is 0.481 e. The van der Waals surface area contributed by atoms with Crippen LogP contribution in [0.15, 0.2) is 48.5 Å². The molecule has 1 saturated heterocycles. The summed E-state index contributed by atoms with van der Waals surface area (Å²) in [7, 11) is 0. The van der Waals surface area contributed by atoms with Crippen LogP contribution in [-0.2, 0) is 9.59 Å². The van der Waals surface area contributed by atoms with Gasteiger partial charge in [-0.05, 0) is 60.6 Å². The second-order valence-electron chi connectivity index (χ2n) is 7.72. The van der Waals surface area contributed by atoms with Crippen molar-refractivity contribution in [3.05, 3.63) is 69.7 Å². The van der Waals surface area contributed by atoms with Crippen molar-refractivity contribution in [3.63, 3.8) is 0 Å². The van der Waals surface area contributed by atoms with Crippen molar-refractivity contribution in [1.82, 2.24) is 4.90 Å². The van der Waals surface area contributed by atoms with Crippen LogP contribution in [0.1, 0.15) is 42.3 Å². The fourth-order valence-corrected chi connectivity index (χ4v) is 4.48. The summed E-state index contributed by atoms with van der Waals surface area (Å²) in [5, 5.41) is 10.9. The molecule has 2 aliphatic rings.